The Morgan fingerprint density at radius 2 is 2.29 bits per heavy atom. The molecule has 1 aliphatic rings. The van der Waals surface area contributed by atoms with Crippen molar-refractivity contribution in [3.05, 3.63) is 12.4 Å². The van der Waals surface area contributed by atoms with E-state index in [1.165, 1.54) is 23.3 Å². The molecule has 1 saturated carbocycles. The predicted octanol–water partition coefficient (Wildman–Crippen LogP) is 0.292. The van der Waals surface area contributed by atoms with Crippen molar-refractivity contribution in [2.45, 2.75) is 36.7 Å². The van der Waals surface area contributed by atoms with Crippen molar-refractivity contribution in [3.63, 3.8) is 0 Å². The van der Waals surface area contributed by atoms with Crippen molar-refractivity contribution in [3.8, 4) is 0 Å². The van der Waals surface area contributed by atoms with Gasteiger partial charge in [-0.05, 0) is 19.3 Å². The summed E-state index contributed by atoms with van der Waals surface area (Å²) in [5.41, 5.74) is 0. The van der Waals surface area contributed by atoms with E-state index in [2.05, 4.69) is 10.4 Å². The lowest BCUT2D eigenvalue weighted by Crippen LogP contribution is -2.28. The van der Waals surface area contributed by atoms with Gasteiger partial charge < -0.3 is 10.1 Å². The maximum absolute atomic E-state index is 12.3. The van der Waals surface area contributed by atoms with Gasteiger partial charge in [-0.15, -0.1) is 0 Å². The second kappa shape index (κ2) is 7.35. The van der Waals surface area contributed by atoms with E-state index >= 15 is 0 Å². The molecule has 0 saturated heterocycles. The molecule has 0 aromatic carbocycles. The minimum atomic E-state index is -3.45. The second-order valence-electron chi connectivity index (χ2n) is 5.34. The number of rotatable bonds is 10. The Kier molecular flexibility index (Phi) is 5.74. The highest BCUT2D eigenvalue weighted by atomic mass is 32.2. The lowest BCUT2D eigenvalue weighted by Gasteiger charge is -2.15. The Bertz CT molecular complexity index is 539. The summed E-state index contributed by atoms with van der Waals surface area (Å²) in [6.07, 6.45) is 6.16. The van der Waals surface area contributed by atoms with E-state index in [4.69, 9.17) is 4.74 Å². The first-order valence-electron chi connectivity index (χ1n) is 7.25. The number of hydrogen-bond acceptors (Lipinski definition) is 5. The van der Waals surface area contributed by atoms with Crippen LogP contribution in [0.25, 0.3) is 0 Å². The molecule has 7 nitrogen and oxygen atoms in total. The quantitative estimate of drug-likeness (QED) is 0.628. The van der Waals surface area contributed by atoms with E-state index in [-0.39, 0.29) is 4.90 Å². The summed E-state index contributed by atoms with van der Waals surface area (Å²) >= 11 is 0. The Morgan fingerprint density at radius 1 is 1.52 bits per heavy atom. The van der Waals surface area contributed by atoms with Gasteiger partial charge in [0, 0.05) is 46.1 Å². The van der Waals surface area contributed by atoms with Gasteiger partial charge in [-0.25, -0.2) is 12.7 Å². The third-order valence-electron chi connectivity index (χ3n) is 3.49. The normalized spacial score (nSPS) is 15.8. The number of ether oxygens (including phenoxy) is 1. The van der Waals surface area contributed by atoms with E-state index in [0.717, 1.165) is 6.54 Å². The van der Waals surface area contributed by atoms with Gasteiger partial charge in [-0.3, -0.25) is 4.68 Å². The van der Waals surface area contributed by atoms with Crippen molar-refractivity contribution >= 4 is 10.0 Å². The molecular formula is C13H24N4O3S. The summed E-state index contributed by atoms with van der Waals surface area (Å²) in [6.45, 7) is 2.48. The van der Waals surface area contributed by atoms with E-state index in [0.29, 0.717) is 32.2 Å². The molecule has 21 heavy (non-hydrogen) atoms. The third kappa shape index (κ3) is 4.77. The average Bonchev–Trinajstić information content (AvgIpc) is 3.14. The summed E-state index contributed by atoms with van der Waals surface area (Å²) in [7, 11) is -0.268. The van der Waals surface area contributed by atoms with Crippen molar-refractivity contribution in [1.29, 1.82) is 0 Å². The molecule has 8 heteroatoms. The van der Waals surface area contributed by atoms with Crippen LogP contribution >= 0.6 is 0 Å². The van der Waals surface area contributed by atoms with Crippen molar-refractivity contribution in [2.75, 3.05) is 33.9 Å². The molecule has 1 aromatic heterocycles. The number of aromatic nitrogens is 2. The summed E-state index contributed by atoms with van der Waals surface area (Å²) in [5, 5.41) is 7.50. The van der Waals surface area contributed by atoms with Crippen molar-refractivity contribution in [1.82, 2.24) is 19.4 Å². The standard InChI is InChI=1S/C13H24N4O3S/c1-16(7-3-9-20-2)21(18,19)13-10-15-17(11-13)8-6-14-12-4-5-12/h10-12,14H,3-9H2,1-2H3. The Balaban J connectivity index is 1.87. The van der Waals surface area contributed by atoms with Crippen molar-refractivity contribution in [2.24, 2.45) is 0 Å². The monoisotopic (exact) mass is 316 g/mol. The summed E-state index contributed by atoms with van der Waals surface area (Å²) < 4.78 is 32.6. The highest BCUT2D eigenvalue weighted by Gasteiger charge is 2.23. The second-order valence-corrected chi connectivity index (χ2v) is 7.39. The summed E-state index contributed by atoms with van der Waals surface area (Å²) in [6, 6.07) is 0.649. The lowest BCUT2D eigenvalue weighted by atomic mass is 10.5. The molecule has 1 N–H and O–H groups in total. The van der Waals surface area contributed by atoms with Crippen LogP contribution in [0.1, 0.15) is 19.3 Å². The van der Waals surface area contributed by atoms with Crippen LogP contribution in [0.15, 0.2) is 17.3 Å². The maximum atomic E-state index is 12.3. The van der Waals surface area contributed by atoms with Crippen LogP contribution in [0.3, 0.4) is 0 Å². The minimum Gasteiger partial charge on any atom is -0.385 e. The largest absolute Gasteiger partial charge is 0.385 e. The predicted molar refractivity (Wildman–Crippen MR) is 79.6 cm³/mol. The molecule has 0 aliphatic heterocycles. The highest BCUT2D eigenvalue weighted by Crippen LogP contribution is 2.18. The Hall–Kier alpha value is -0.960. The van der Waals surface area contributed by atoms with Gasteiger partial charge in [0.2, 0.25) is 10.0 Å². The van der Waals surface area contributed by atoms with Gasteiger partial charge in [-0.2, -0.15) is 5.10 Å². The first kappa shape index (κ1) is 16.4. The van der Waals surface area contributed by atoms with Gasteiger partial charge in [0.1, 0.15) is 4.90 Å². The first-order chi connectivity index (χ1) is 10.0. The molecule has 0 unspecified atom stereocenters. The number of nitrogens with one attached hydrogen (secondary N) is 1. The molecule has 0 atom stereocenters. The maximum Gasteiger partial charge on any atom is 0.245 e. The van der Waals surface area contributed by atoms with Crippen molar-refractivity contribution < 1.29 is 13.2 Å². The van der Waals surface area contributed by atoms with Gasteiger partial charge in [0.25, 0.3) is 0 Å². The Morgan fingerprint density at radius 3 is 2.95 bits per heavy atom. The number of sulfonamides is 1. The van der Waals surface area contributed by atoms with Gasteiger partial charge in [0.15, 0.2) is 0 Å². The van der Waals surface area contributed by atoms with Crippen LogP contribution in [0.5, 0.6) is 0 Å². The SMILES string of the molecule is COCCCN(C)S(=O)(=O)c1cnn(CCNC2CC2)c1. The van der Waals surface area contributed by atoms with Crippen LogP contribution in [-0.2, 0) is 21.3 Å². The van der Waals surface area contributed by atoms with Gasteiger partial charge in [-0.1, -0.05) is 0 Å². The number of hydrogen-bond donors (Lipinski definition) is 1. The lowest BCUT2D eigenvalue weighted by molar-refractivity contribution is 0.189. The molecule has 0 spiro atoms. The van der Waals surface area contributed by atoms with Crippen LogP contribution < -0.4 is 5.32 Å². The van der Waals surface area contributed by atoms with Gasteiger partial charge >= 0.3 is 0 Å². The molecule has 0 radical (unpaired) electrons. The van der Waals surface area contributed by atoms with Crippen LogP contribution in [0.2, 0.25) is 0 Å². The van der Waals surface area contributed by atoms with E-state index < -0.39 is 10.0 Å². The molecule has 1 aliphatic carbocycles. The number of methoxy groups -OCH3 is 1. The third-order valence-corrected chi connectivity index (χ3v) is 5.30. The molecule has 2 rings (SSSR count). The van der Waals surface area contributed by atoms with Gasteiger partial charge in [0.05, 0.1) is 12.7 Å². The Labute approximate surface area is 126 Å². The highest BCUT2D eigenvalue weighted by molar-refractivity contribution is 7.89. The fourth-order valence-electron chi connectivity index (χ4n) is 2.00. The smallest absolute Gasteiger partial charge is 0.245 e. The molecule has 0 amide bonds. The van der Waals surface area contributed by atoms with Crippen LogP contribution in [0.4, 0.5) is 0 Å². The van der Waals surface area contributed by atoms with E-state index in [1.54, 1.807) is 25.0 Å². The summed E-state index contributed by atoms with van der Waals surface area (Å²) in [4.78, 5) is 0.244. The molecule has 0 bridgehead atoms. The molecular weight excluding hydrogens is 292 g/mol. The summed E-state index contributed by atoms with van der Waals surface area (Å²) in [5.74, 6) is 0. The minimum absolute atomic E-state index is 0.244. The fourth-order valence-corrected chi connectivity index (χ4v) is 3.17. The first-order valence-corrected chi connectivity index (χ1v) is 8.69. The zero-order chi connectivity index (χ0) is 15.3. The molecule has 1 heterocycles. The fraction of sp³-hybridized carbons (Fsp3) is 0.769. The van der Waals surface area contributed by atoms with Crippen LogP contribution in [-0.4, -0.2) is 62.4 Å². The van der Waals surface area contributed by atoms with E-state index in [1.807, 2.05) is 0 Å². The topological polar surface area (TPSA) is 76.5 Å². The molecule has 1 fully saturated rings. The van der Waals surface area contributed by atoms with Crippen LogP contribution in [0, 0.1) is 0 Å². The average molecular weight is 316 g/mol. The zero-order valence-corrected chi connectivity index (χ0v) is 13.5. The number of nitrogens with zero attached hydrogens (tertiary/aromatic N) is 3. The zero-order valence-electron chi connectivity index (χ0n) is 12.7. The van der Waals surface area contributed by atoms with E-state index in [9.17, 15) is 8.42 Å². The molecule has 1 aromatic rings. The molecule has 120 valence electrons.